The first-order valence-corrected chi connectivity index (χ1v) is 6.38. The van der Waals surface area contributed by atoms with Crippen molar-refractivity contribution in [3.8, 4) is 0 Å². The van der Waals surface area contributed by atoms with Crippen LogP contribution in [0.4, 0.5) is 5.95 Å². The maximum Gasteiger partial charge on any atom is 0.331 e. The summed E-state index contributed by atoms with van der Waals surface area (Å²) in [4.78, 5) is 20.1. The second-order valence-electron chi connectivity index (χ2n) is 5.23. The van der Waals surface area contributed by atoms with E-state index in [1.54, 1.807) is 0 Å². The second kappa shape index (κ2) is 5.13. The number of nitrogens with zero attached hydrogens (tertiary/aromatic N) is 2. The molecule has 104 valence electrons. The molecule has 1 atom stereocenters. The molecule has 0 radical (unpaired) electrons. The third kappa shape index (κ3) is 2.84. The van der Waals surface area contributed by atoms with Crippen LogP contribution in [0.5, 0.6) is 0 Å². The lowest BCUT2D eigenvalue weighted by atomic mass is 9.99. The summed E-state index contributed by atoms with van der Waals surface area (Å²) < 4.78 is 5.20. The molecule has 1 saturated heterocycles. The Labute approximate surface area is 112 Å². The molecule has 0 aromatic carbocycles. The number of carbonyl (C=O) groups is 1. The van der Waals surface area contributed by atoms with Gasteiger partial charge in [-0.15, -0.1) is 0 Å². The van der Waals surface area contributed by atoms with E-state index >= 15 is 0 Å². The fourth-order valence-electron chi connectivity index (χ4n) is 2.04. The van der Waals surface area contributed by atoms with Gasteiger partial charge in [0.2, 0.25) is 5.95 Å². The lowest BCUT2D eigenvalue weighted by molar-refractivity contribution is -0.142. The van der Waals surface area contributed by atoms with Gasteiger partial charge in [0.1, 0.15) is 0 Å². The predicted molar refractivity (Wildman–Crippen MR) is 70.3 cm³/mol. The average Bonchev–Trinajstić information content (AvgIpc) is 2.78. The Morgan fingerprint density at radius 2 is 2.26 bits per heavy atom. The van der Waals surface area contributed by atoms with Crippen LogP contribution in [0.25, 0.3) is 0 Å². The molecule has 1 unspecified atom stereocenters. The number of nitrogens with one attached hydrogen (secondary N) is 1. The van der Waals surface area contributed by atoms with Crippen LogP contribution in [0, 0.1) is 6.92 Å². The van der Waals surface area contributed by atoms with Crippen LogP contribution in [-0.4, -0.2) is 39.8 Å². The van der Waals surface area contributed by atoms with Crippen molar-refractivity contribution < 1.29 is 14.6 Å². The standard InChI is InChI=1S/C13H19N3O3/c1-8(2)10-6-9(3)14-12(15-10)16-13(11(17)18)4-5-19-7-13/h6,8H,4-5,7H2,1-3H3,(H,17,18)(H,14,15,16). The summed E-state index contributed by atoms with van der Waals surface area (Å²) in [6.45, 7) is 6.52. The van der Waals surface area contributed by atoms with E-state index in [4.69, 9.17) is 4.74 Å². The largest absolute Gasteiger partial charge is 0.479 e. The monoisotopic (exact) mass is 265 g/mol. The van der Waals surface area contributed by atoms with Gasteiger partial charge in [0.05, 0.1) is 6.61 Å². The SMILES string of the molecule is Cc1cc(C(C)C)nc(NC2(C(=O)O)CCOC2)n1. The molecule has 0 aliphatic carbocycles. The molecule has 6 nitrogen and oxygen atoms in total. The topological polar surface area (TPSA) is 84.3 Å². The van der Waals surface area contributed by atoms with Gasteiger partial charge in [0.25, 0.3) is 0 Å². The van der Waals surface area contributed by atoms with Crippen molar-refractivity contribution in [2.24, 2.45) is 0 Å². The molecular formula is C13H19N3O3. The molecule has 0 spiro atoms. The van der Waals surface area contributed by atoms with E-state index in [1.807, 2.05) is 26.8 Å². The van der Waals surface area contributed by atoms with Crippen molar-refractivity contribution in [3.05, 3.63) is 17.5 Å². The summed E-state index contributed by atoms with van der Waals surface area (Å²) in [5.74, 6) is -0.305. The highest BCUT2D eigenvalue weighted by molar-refractivity contribution is 5.82. The third-order valence-electron chi connectivity index (χ3n) is 3.25. The highest BCUT2D eigenvalue weighted by atomic mass is 16.5. The number of aryl methyl sites for hydroxylation is 1. The van der Waals surface area contributed by atoms with Crippen LogP contribution < -0.4 is 5.32 Å². The molecular weight excluding hydrogens is 246 g/mol. The van der Waals surface area contributed by atoms with Crippen molar-refractivity contribution in [2.45, 2.75) is 38.6 Å². The summed E-state index contributed by atoms with van der Waals surface area (Å²) in [6.07, 6.45) is 0.413. The number of aromatic nitrogens is 2. The molecule has 1 aliphatic heterocycles. The van der Waals surface area contributed by atoms with Gasteiger partial charge >= 0.3 is 5.97 Å². The molecule has 6 heteroatoms. The van der Waals surface area contributed by atoms with Crippen molar-refractivity contribution in [1.29, 1.82) is 0 Å². The minimum Gasteiger partial charge on any atom is -0.479 e. The van der Waals surface area contributed by atoms with E-state index in [9.17, 15) is 9.90 Å². The van der Waals surface area contributed by atoms with Crippen molar-refractivity contribution in [2.75, 3.05) is 18.5 Å². The Bertz CT molecular complexity index is 482. The maximum atomic E-state index is 11.4. The number of carboxylic acids is 1. The van der Waals surface area contributed by atoms with Crippen molar-refractivity contribution in [1.82, 2.24) is 9.97 Å². The number of hydrogen-bond donors (Lipinski definition) is 2. The molecule has 0 bridgehead atoms. The summed E-state index contributed by atoms with van der Waals surface area (Å²) in [5.41, 5.74) is 0.609. The first kappa shape index (κ1) is 13.7. The van der Waals surface area contributed by atoms with Gasteiger partial charge in [0.15, 0.2) is 5.54 Å². The third-order valence-corrected chi connectivity index (χ3v) is 3.25. The number of carboxylic acid groups (broad SMARTS) is 1. The average molecular weight is 265 g/mol. The van der Waals surface area contributed by atoms with Crippen LogP contribution in [0.15, 0.2) is 6.07 Å². The molecule has 2 heterocycles. The van der Waals surface area contributed by atoms with Crippen LogP contribution >= 0.6 is 0 Å². The van der Waals surface area contributed by atoms with Gasteiger partial charge in [-0.3, -0.25) is 0 Å². The number of aliphatic carboxylic acids is 1. The number of anilines is 1. The van der Waals surface area contributed by atoms with E-state index in [-0.39, 0.29) is 12.5 Å². The van der Waals surface area contributed by atoms with Crippen molar-refractivity contribution >= 4 is 11.9 Å². The van der Waals surface area contributed by atoms with Crippen LogP contribution in [0.2, 0.25) is 0 Å². The Morgan fingerprint density at radius 1 is 1.53 bits per heavy atom. The minimum atomic E-state index is -1.11. The zero-order chi connectivity index (χ0) is 14.0. The molecule has 0 amide bonds. The molecule has 1 aromatic heterocycles. The Balaban J connectivity index is 2.29. The lowest BCUT2D eigenvalue weighted by Crippen LogP contribution is -2.47. The van der Waals surface area contributed by atoms with Gasteiger partial charge in [-0.05, 0) is 18.9 Å². The van der Waals surface area contributed by atoms with E-state index in [0.29, 0.717) is 19.0 Å². The maximum absolute atomic E-state index is 11.4. The predicted octanol–water partition coefficient (Wildman–Crippen LogP) is 1.56. The molecule has 0 saturated carbocycles. The lowest BCUT2D eigenvalue weighted by Gasteiger charge is -2.24. The molecule has 1 aromatic rings. The van der Waals surface area contributed by atoms with Gasteiger partial charge < -0.3 is 15.2 Å². The smallest absolute Gasteiger partial charge is 0.331 e. The normalized spacial score (nSPS) is 22.7. The van der Waals surface area contributed by atoms with Gasteiger partial charge in [0, 0.05) is 24.4 Å². The van der Waals surface area contributed by atoms with Gasteiger partial charge in [-0.25, -0.2) is 14.8 Å². The summed E-state index contributed by atoms with van der Waals surface area (Å²) in [6, 6.07) is 1.91. The Morgan fingerprint density at radius 3 is 2.79 bits per heavy atom. The van der Waals surface area contributed by atoms with E-state index in [1.165, 1.54) is 0 Å². The van der Waals surface area contributed by atoms with Gasteiger partial charge in [-0.2, -0.15) is 0 Å². The highest BCUT2D eigenvalue weighted by Gasteiger charge is 2.43. The Hall–Kier alpha value is -1.69. The first-order valence-electron chi connectivity index (χ1n) is 6.38. The summed E-state index contributed by atoms with van der Waals surface area (Å²) in [5, 5.41) is 12.3. The fraction of sp³-hybridized carbons (Fsp3) is 0.615. The highest BCUT2D eigenvalue weighted by Crippen LogP contribution is 2.24. The van der Waals surface area contributed by atoms with E-state index < -0.39 is 11.5 Å². The fourth-order valence-corrected chi connectivity index (χ4v) is 2.04. The number of ether oxygens (including phenoxy) is 1. The van der Waals surface area contributed by atoms with Crippen LogP contribution in [-0.2, 0) is 9.53 Å². The quantitative estimate of drug-likeness (QED) is 0.859. The van der Waals surface area contributed by atoms with Crippen molar-refractivity contribution in [3.63, 3.8) is 0 Å². The zero-order valence-corrected chi connectivity index (χ0v) is 11.4. The molecule has 1 fully saturated rings. The van der Waals surface area contributed by atoms with E-state index in [0.717, 1.165) is 11.4 Å². The second-order valence-corrected chi connectivity index (χ2v) is 5.23. The number of rotatable bonds is 4. The van der Waals surface area contributed by atoms with Gasteiger partial charge in [-0.1, -0.05) is 13.8 Å². The summed E-state index contributed by atoms with van der Waals surface area (Å²) in [7, 11) is 0. The first-order chi connectivity index (χ1) is 8.93. The molecule has 2 rings (SSSR count). The molecule has 2 N–H and O–H groups in total. The Kier molecular flexibility index (Phi) is 3.71. The minimum absolute atomic E-state index is 0.136. The molecule has 19 heavy (non-hydrogen) atoms. The molecule has 1 aliphatic rings. The summed E-state index contributed by atoms with van der Waals surface area (Å²) >= 11 is 0. The van der Waals surface area contributed by atoms with E-state index in [2.05, 4.69) is 15.3 Å². The van der Waals surface area contributed by atoms with Crippen LogP contribution in [0.3, 0.4) is 0 Å². The number of hydrogen-bond acceptors (Lipinski definition) is 5. The zero-order valence-electron chi connectivity index (χ0n) is 11.4. The van der Waals surface area contributed by atoms with Crippen LogP contribution in [0.1, 0.15) is 37.6 Å².